The summed E-state index contributed by atoms with van der Waals surface area (Å²) in [6.45, 7) is 8.84. The van der Waals surface area contributed by atoms with Crippen molar-refractivity contribution in [3.63, 3.8) is 0 Å². The Morgan fingerprint density at radius 1 is 0.788 bits per heavy atom. The van der Waals surface area contributed by atoms with Crippen LogP contribution in [0.15, 0.2) is 104 Å². The van der Waals surface area contributed by atoms with E-state index < -0.39 is 11.7 Å². The average molecular weight is 443 g/mol. The molecular formula is C31H38O2. The van der Waals surface area contributed by atoms with E-state index in [4.69, 9.17) is 4.74 Å². The summed E-state index contributed by atoms with van der Waals surface area (Å²) in [7, 11) is 0. The molecule has 0 unspecified atom stereocenters. The van der Waals surface area contributed by atoms with Crippen molar-refractivity contribution in [1.29, 1.82) is 0 Å². The molecule has 0 radical (unpaired) electrons. The average Bonchev–Trinajstić information content (AvgIpc) is 2.85. The lowest BCUT2D eigenvalue weighted by Gasteiger charge is -2.37. The third kappa shape index (κ3) is 6.43. The molecule has 0 amide bonds. The monoisotopic (exact) mass is 442 g/mol. The number of benzene rings is 3. The lowest BCUT2D eigenvalue weighted by atomic mass is 9.80. The molecule has 33 heavy (non-hydrogen) atoms. The first-order valence-electron chi connectivity index (χ1n) is 12.2. The van der Waals surface area contributed by atoms with Crippen LogP contribution in [0.1, 0.15) is 56.2 Å². The van der Waals surface area contributed by atoms with Gasteiger partial charge in [0.05, 0.1) is 12.7 Å². The number of rotatable bonds is 13. The first-order valence-corrected chi connectivity index (χ1v) is 12.2. The van der Waals surface area contributed by atoms with Crippen LogP contribution < -0.4 is 0 Å². The zero-order valence-corrected chi connectivity index (χ0v) is 20.1. The lowest BCUT2D eigenvalue weighted by molar-refractivity contribution is -0.0391. The van der Waals surface area contributed by atoms with E-state index in [0.717, 1.165) is 42.4 Å². The fraction of sp³-hybridized carbons (Fsp3) is 0.355. The minimum Gasteiger partial charge on any atom is -0.393 e. The molecule has 174 valence electrons. The molecule has 0 saturated heterocycles. The summed E-state index contributed by atoms with van der Waals surface area (Å²) in [6, 6.07) is 31.2. The zero-order valence-electron chi connectivity index (χ0n) is 20.1. The molecule has 0 fully saturated rings. The van der Waals surface area contributed by atoms with Crippen molar-refractivity contribution in [3.05, 3.63) is 120 Å². The predicted molar refractivity (Wildman–Crippen MR) is 138 cm³/mol. The van der Waals surface area contributed by atoms with Crippen molar-refractivity contribution in [1.82, 2.24) is 0 Å². The van der Waals surface area contributed by atoms with Gasteiger partial charge >= 0.3 is 0 Å². The van der Waals surface area contributed by atoms with E-state index in [9.17, 15) is 5.11 Å². The van der Waals surface area contributed by atoms with Gasteiger partial charge < -0.3 is 9.84 Å². The van der Waals surface area contributed by atoms with Crippen LogP contribution in [-0.2, 0) is 10.3 Å². The number of hydrogen-bond acceptors (Lipinski definition) is 2. The summed E-state index contributed by atoms with van der Waals surface area (Å²) in [5, 5.41) is 11.0. The van der Waals surface area contributed by atoms with Gasteiger partial charge in [0.25, 0.3) is 0 Å². The smallest absolute Gasteiger partial charge is 0.143 e. The van der Waals surface area contributed by atoms with Crippen LogP contribution in [0.4, 0.5) is 0 Å². The molecule has 2 nitrogen and oxygen atoms in total. The number of aliphatic hydroxyl groups is 1. The second-order valence-corrected chi connectivity index (χ2v) is 9.27. The molecular weight excluding hydrogens is 404 g/mol. The summed E-state index contributed by atoms with van der Waals surface area (Å²) in [5.41, 5.74) is 2.47. The maximum absolute atomic E-state index is 11.0. The van der Waals surface area contributed by atoms with Crippen molar-refractivity contribution in [3.8, 4) is 0 Å². The van der Waals surface area contributed by atoms with Gasteiger partial charge in [0.2, 0.25) is 0 Å². The van der Waals surface area contributed by atoms with Gasteiger partial charge in [0.1, 0.15) is 5.60 Å². The maximum atomic E-state index is 11.0. The second kappa shape index (κ2) is 12.5. The highest BCUT2D eigenvalue weighted by atomic mass is 16.5. The third-order valence-corrected chi connectivity index (χ3v) is 6.35. The van der Waals surface area contributed by atoms with Crippen molar-refractivity contribution >= 4 is 0 Å². The van der Waals surface area contributed by atoms with E-state index in [2.05, 4.69) is 93.2 Å². The molecule has 0 aliphatic heterocycles. The van der Waals surface area contributed by atoms with E-state index >= 15 is 0 Å². The molecule has 3 rings (SSSR count). The highest BCUT2D eigenvalue weighted by Crippen LogP contribution is 2.41. The fourth-order valence-electron chi connectivity index (χ4n) is 4.52. The van der Waals surface area contributed by atoms with Crippen LogP contribution in [0, 0.1) is 11.8 Å². The van der Waals surface area contributed by atoms with E-state index in [1.54, 1.807) is 0 Å². The Labute approximate surface area is 200 Å². The molecule has 0 aliphatic rings. The molecule has 1 N–H and O–H groups in total. The van der Waals surface area contributed by atoms with E-state index in [1.807, 2.05) is 24.3 Å². The van der Waals surface area contributed by atoms with Crippen molar-refractivity contribution in [2.75, 3.05) is 6.61 Å². The van der Waals surface area contributed by atoms with E-state index in [1.165, 1.54) is 0 Å². The fourth-order valence-corrected chi connectivity index (χ4v) is 4.52. The molecule has 0 saturated carbocycles. The number of allylic oxidation sites excluding steroid dienone is 1. The summed E-state index contributed by atoms with van der Waals surface area (Å²) >= 11 is 0. The molecule has 2 atom stereocenters. The zero-order chi connectivity index (χ0) is 23.5. The Morgan fingerprint density at radius 3 is 1.64 bits per heavy atom. The van der Waals surface area contributed by atoms with Gasteiger partial charge in [-0.3, -0.25) is 0 Å². The van der Waals surface area contributed by atoms with Crippen molar-refractivity contribution < 1.29 is 9.84 Å². The van der Waals surface area contributed by atoms with E-state index in [0.29, 0.717) is 12.5 Å². The van der Waals surface area contributed by atoms with Crippen LogP contribution in [0.5, 0.6) is 0 Å². The molecule has 0 spiro atoms. The number of ether oxygens (including phenoxy) is 1. The second-order valence-electron chi connectivity index (χ2n) is 9.27. The summed E-state index contributed by atoms with van der Waals surface area (Å²) < 4.78 is 6.94. The predicted octanol–water partition coefficient (Wildman–Crippen LogP) is 7.37. The SMILES string of the molecule is C=CC[C@@H](COC(c1ccccc1)(c1ccccc1)c1ccccc1)[C@H](O)CCCC(C)C. The minimum atomic E-state index is -0.763. The van der Waals surface area contributed by atoms with Gasteiger partial charge in [-0.25, -0.2) is 0 Å². The van der Waals surface area contributed by atoms with Gasteiger partial charge in [0, 0.05) is 5.92 Å². The molecule has 0 bridgehead atoms. The van der Waals surface area contributed by atoms with E-state index in [-0.39, 0.29) is 5.92 Å². The minimum absolute atomic E-state index is 0.00910. The number of aliphatic hydroxyl groups excluding tert-OH is 1. The number of hydrogen-bond donors (Lipinski definition) is 1. The molecule has 3 aromatic carbocycles. The molecule has 3 aromatic rings. The van der Waals surface area contributed by atoms with Crippen LogP contribution in [0.3, 0.4) is 0 Å². The van der Waals surface area contributed by atoms with Gasteiger partial charge in [-0.05, 0) is 35.4 Å². The quantitative estimate of drug-likeness (QED) is 0.221. The third-order valence-electron chi connectivity index (χ3n) is 6.35. The maximum Gasteiger partial charge on any atom is 0.143 e. The molecule has 0 heterocycles. The Balaban J connectivity index is 1.98. The van der Waals surface area contributed by atoms with Crippen molar-refractivity contribution in [2.24, 2.45) is 11.8 Å². The normalized spacial score (nSPS) is 13.6. The van der Waals surface area contributed by atoms with Gasteiger partial charge in [-0.15, -0.1) is 6.58 Å². The highest BCUT2D eigenvalue weighted by molar-refractivity contribution is 5.47. The molecule has 0 aromatic heterocycles. The van der Waals surface area contributed by atoms with Crippen LogP contribution in [0.25, 0.3) is 0 Å². The Morgan fingerprint density at radius 2 is 1.24 bits per heavy atom. The van der Waals surface area contributed by atoms with Gasteiger partial charge in [-0.1, -0.05) is 124 Å². The van der Waals surface area contributed by atoms with Crippen LogP contribution >= 0.6 is 0 Å². The Bertz CT molecular complexity index is 838. The summed E-state index contributed by atoms with van der Waals surface area (Å²) in [4.78, 5) is 0. The first kappa shape index (κ1) is 25.0. The Kier molecular flexibility index (Phi) is 9.47. The van der Waals surface area contributed by atoms with Crippen molar-refractivity contribution in [2.45, 2.75) is 51.2 Å². The summed E-state index contributed by atoms with van der Waals surface area (Å²) in [5.74, 6) is 0.637. The van der Waals surface area contributed by atoms with Crippen LogP contribution in [-0.4, -0.2) is 17.8 Å². The Hall–Kier alpha value is -2.68. The largest absolute Gasteiger partial charge is 0.393 e. The summed E-state index contributed by atoms with van der Waals surface area (Å²) in [6.07, 6.45) is 5.14. The molecule has 2 heteroatoms. The van der Waals surface area contributed by atoms with Gasteiger partial charge in [0.15, 0.2) is 0 Å². The topological polar surface area (TPSA) is 29.5 Å². The van der Waals surface area contributed by atoms with Crippen LogP contribution in [0.2, 0.25) is 0 Å². The molecule has 0 aliphatic carbocycles. The lowest BCUT2D eigenvalue weighted by Crippen LogP contribution is -2.36. The first-order chi connectivity index (χ1) is 16.1. The standard InChI is InChI=1S/C31H38O2/c1-4-15-26(30(32)23-14-16-25(2)3)24-33-31(27-17-8-5-9-18-27,28-19-10-6-11-20-28)29-21-12-7-13-22-29/h4-13,17-22,25-26,30,32H,1,14-16,23-24H2,2-3H3/t26-,30+/m0/s1. The van der Waals surface area contributed by atoms with Gasteiger partial charge in [-0.2, -0.15) is 0 Å². The highest BCUT2D eigenvalue weighted by Gasteiger charge is 2.38.